The fourth-order valence-electron chi connectivity index (χ4n) is 2.34. The van der Waals surface area contributed by atoms with Gasteiger partial charge in [-0.05, 0) is 30.7 Å². The molecule has 1 aromatic heterocycles. The molecule has 1 amide bonds. The fraction of sp³-hybridized carbons (Fsp3) is 0.167. The van der Waals surface area contributed by atoms with Gasteiger partial charge in [0.2, 0.25) is 5.91 Å². The molecule has 2 N–H and O–H groups in total. The number of carboxylic acids is 1. The molecule has 3 aromatic rings. The lowest BCUT2D eigenvalue weighted by Crippen LogP contribution is -2.25. The van der Waals surface area contributed by atoms with Crippen molar-refractivity contribution in [1.82, 2.24) is 4.98 Å². The van der Waals surface area contributed by atoms with Crippen molar-refractivity contribution >= 4 is 40.4 Å². The van der Waals surface area contributed by atoms with Crippen molar-refractivity contribution in [2.24, 2.45) is 0 Å². The maximum Gasteiger partial charge on any atom is 0.337 e. The molecule has 0 radical (unpaired) electrons. The number of aromatic carboxylic acids is 1. The van der Waals surface area contributed by atoms with E-state index < -0.39 is 11.2 Å². The lowest BCUT2D eigenvalue weighted by molar-refractivity contribution is -0.115. The zero-order valence-corrected chi connectivity index (χ0v) is 14.2. The van der Waals surface area contributed by atoms with E-state index in [4.69, 9.17) is 4.42 Å². The minimum Gasteiger partial charge on any atom is -0.478 e. The zero-order chi connectivity index (χ0) is 17.8. The molecule has 128 valence electrons. The van der Waals surface area contributed by atoms with Crippen LogP contribution in [0.25, 0.3) is 11.1 Å². The number of benzene rings is 2. The number of amides is 1. The number of carboxylic acid groups (broad SMARTS) is 1. The summed E-state index contributed by atoms with van der Waals surface area (Å²) in [5.74, 6) is -1.38. The number of fused-ring (bicyclic) bond motifs is 1. The van der Waals surface area contributed by atoms with Gasteiger partial charge in [-0.1, -0.05) is 43.0 Å². The molecule has 0 bridgehead atoms. The Labute approximate surface area is 148 Å². The number of hydrogen-bond donors (Lipinski definition) is 2. The number of rotatable bonds is 6. The minimum atomic E-state index is -1.09. The number of anilines is 1. The van der Waals surface area contributed by atoms with E-state index in [0.29, 0.717) is 17.2 Å². The Kier molecular flexibility index (Phi) is 5.04. The van der Waals surface area contributed by atoms with Gasteiger partial charge in [-0.3, -0.25) is 4.79 Å². The van der Waals surface area contributed by atoms with Crippen molar-refractivity contribution in [3.05, 3.63) is 54.1 Å². The molecule has 2 aromatic carbocycles. The predicted octanol–water partition coefficient (Wildman–Crippen LogP) is 4.04. The number of oxazole rings is 1. The summed E-state index contributed by atoms with van der Waals surface area (Å²) in [4.78, 5) is 28.2. The van der Waals surface area contributed by atoms with E-state index in [1.165, 1.54) is 17.8 Å². The molecule has 1 atom stereocenters. The quantitative estimate of drug-likeness (QED) is 0.648. The summed E-state index contributed by atoms with van der Waals surface area (Å²) < 4.78 is 5.64. The van der Waals surface area contributed by atoms with Crippen LogP contribution >= 0.6 is 11.8 Å². The molecule has 1 unspecified atom stereocenters. The first-order valence-corrected chi connectivity index (χ1v) is 8.62. The van der Waals surface area contributed by atoms with E-state index in [9.17, 15) is 14.7 Å². The fourth-order valence-corrected chi connectivity index (χ4v) is 3.20. The third-order valence-electron chi connectivity index (χ3n) is 3.60. The van der Waals surface area contributed by atoms with Crippen molar-refractivity contribution in [1.29, 1.82) is 0 Å². The molecule has 0 saturated carbocycles. The normalized spacial score (nSPS) is 12.0. The molecule has 0 fully saturated rings. The number of nitrogens with one attached hydrogen (secondary N) is 1. The molecular weight excluding hydrogens is 340 g/mol. The average Bonchev–Trinajstić information content (AvgIpc) is 3.02. The molecule has 0 saturated heterocycles. The number of nitrogens with zero attached hydrogens (tertiary/aromatic N) is 1. The summed E-state index contributed by atoms with van der Waals surface area (Å²) in [5.41, 5.74) is 1.72. The highest BCUT2D eigenvalue weighted by Gasteiger charge is 2.22. The molecule has 25 heavy (non-hydrogen) atoms. The lowest BCUT2D eigenvalue weighted by Gasteiger charge is -2.14. The number of hydrogen-bond acceptors (Lipinski definition) is 5. The van der Waals surface area contributed by atoms with Gasteiger partial charge in [0.1, 0.15) is 5.52 Å². The van der Waals surface area contributed by atoms with E-state index in [0.717, 1.165) is 5.52 Å². The first kappa shape index (κ1) is 17.0. The number of thioether (sulfide) groups is 1. The van der Waals surface area contributed by atoms with Gasteiger partial charge in [0, 0.05) is 0 Å². The van der Waals surface area contributed by atoms with E-state index in [-0.39, 0.29) is 17.2 Å². The van der Waals surface area contributed by atoms with Gasteiger partial charge < -0.3 is 14.8 Å². The van der Waals surface area contributed by atoms with Crippen molar-refractivity contribution in [3.63, 3.8) is 0 Å². The van der Waals surface area contributed by atoms with Crippen LogP contribution in [0.2, 0.25) is 0 Å². The van der Waals surface area contributed by atoms with Gasteiger partial charge in [-0.15, -0.1) is 0 Å². The van der Waals surface area contributed by atoms with Crippen molar-refractivity contribution < 1.29 is 19.1 Å². The second kappa shape index (κ2) is 7.40. The maximum atomic E-state index is 12.5. The highest BCUT2D eigenvalue weighted by atomic mass is 32.2. The van der Waals surface area contributed by atoms with Crippen LogP contribution in [0.5, 0.6) is 0 Å². The van der Waals surface area contributed by atoms with Crippen LogP contribution in [-0.4, -0.2) is 27.2 Å². The van der Waals surface area contributed by atoms with Crippen LogP contribution in [0.1, 0.15) is 23.7 Å². The SMILES string of the molecule is CCC(Sc1nc2ccccc2o1)C(=O)Nc1ccccc1C(=O)O. The summed E-state index contributed by atoms with van der Waals surface area (Å²) in [6.45, 7) is 1.88. The van der Waals surface area contributed by atoms with Gasteiger partial charge in [-0.2, -0.15) is 0 Å². The standard InChI is InChI=1S/C18H16N2O4S/c1-2-15(25-18-20-13-9-5-6-10-14(13)24-18)16(21)19-12-8-4-3-7-11(12)17(22)23/h3-10,15H,2H2,1H3,(H,19,21)(H,22,23). The van der Waals surface area contributed by atoms with Gasteiger partial charge in [0.25, 0.3) is 5.22 Å². The first-order valence-electron chi connectivity index (χ1n) is 7.74. The summed E-state index contributed by atoms with van der Waals surface area (Å²) in [6.07, 6.45) is 0.546. The average molecular weight is 356 g/mol. The summed E-state index contributed by atoms with van der Waals surface area (Å²) >= 11 is 1.22. The largest absolute Gasteiger partial charge is 0.478 e. The van der Waals surface area contributed by atoms with Gasteiger partial charge in [-0.25, -0.2) is 9.78 Å². The smallest absolute Gasteiger partial charge is 0.337 e. The van der Waals surface area contributed by atoms with E-state index in [1.807, 2.05) is 31.2 Å². The third-order valence-corrected chi connectivity index (χ3v) is 4.80. The molecule has 6 nitrogen and oxygen atoms in total. The number of para-hydroxylation sites is 3. The van der Waals surface area contributed by atoms with Crippen LogP contribution in [0, 0.1) is 0 Å². The van der Waals surface area contributed by atoms with Crippen molar-refractivity contribution in [2.75, 3.05) is 5.32 Å². The highest BCUT2D eigenvalue weighted by Crippen LogP contribution is 2.29. The Morgan fingerprint density at radius 1 is 1.20 bits per heavy atom. The molecule has 0 spiro atoms. The highest BCUT2D eigenvalue weighted by molar-refractivity contribution is 8.00. The summed E-state index contributed by atoms with van der Waals surface area (Å²) in [6, 6.07) is 13.7. The molecule has 3 rings (SSSR count). The third kappa shape index (κ3) is 3.83. The van der Waals surface area contributed by atoms with Crippen molar-refractivity contribution in [3.8, 4) is 0 Å². The van der Waals surface area contributed by atoms with Crippen LogP contribution in [0.4, 0.5) is 5.69 Å². The van der Waals surface area contributed by atoms with E-state index in [2.05, 4.69) is 10.3 Å². The Morgan fingerprint density at radius 3 is 2.64 bits per heavy atom. The van der Waals surface area contributed by atoms with Gasteiger partial charge in [0.05, 0.1) is 16.5 Å². The second-order valence-electron chi connectivity index (χ2n) is 5.30. The minimum absolute atomic E-state index is 0.0533. The molecule has 0 aliphatic heterocycles. The topological polar surface area (TPSA) is 92.4 Å². The van der Waals surface area contributed by atoms with Crippen LogP contribution < -0.4 is 5.32 Å². The lowest BCUT2D eigenvalue weighted by atomic mass is 10.1. The zero-order valence-electron chi connectivity index (χ0n) is 13.4. The van der Waals surface area contributed by atoms with E-state index >= 15 is 0 Å². The molecule has 0 aliphatic rings. The second-order valence-corrected chi connectivity index (χ2v) is 6.46. The Morgan fingerprint density at radius 2 is 1.92 bits per heavy atom. The van der Waals surface area contributed by atoms with Gasteiger partial charge >= 0.3 is 5.97 Å². The number of aromatic nitrogens is 1. The molecule has 1 heterocycles. The van der Waals surface area contributed by atoms with Crippen LogP contribution in [0.15, 0.2) is 58.2 Å². The Bertz CT molecular complexity index is 889. The van der Waals surface area contributed by atoms with Crippen molar-refractivity contribution in [2.45, 2.75) is 23.8 Å². The predicted molar refractivity (Wildman–Crippen MR) is 96.0 cm³/mol. The summed E-state index contributed by atoms with van der Waals surface area (Å²) in [7, 11) is 0. The monoisotopic (exact) mass is 356 g/mol. The van der Waals surface area contributed by atoms with Crippen LogP contribution in [0.3, 0.4) is 0 Å². The Balaban J connectivity index is 1.76. The molecular formula is C18H16N2O4S. The number of carbonyl (C=O) groups excluding carboxylic acids is 1. The Hall–Kier alpha value is -2.80. The first-order chi connectivity index (χ1) is 12.1. The van der Waals surface area contributed by atoms with Gasteiger partial charge in [0.15, 0.2) is 5.58 Å². The molecule has 7 heteroatoms. The summed E-state index contributed by atoms with van der Waals surface area (Å²) in [5, 5.41) is 11.9. The van der Waals surface area contributed by atoms with E-state index in [1.54, 1.807) is 18.2 Å². The maximum absolute atomic E-state index is 12.5. The molecule has 0 aliphatic carbocycles. The number of carbonyl (C=O) groups is 2. The van der Waals surface area contributed by atoms with Crippen LogP contribution in [-0.2, 0) is 4.79 Å².